The zero-order valence-electron chi connectivity index (χ0n) is 18.8. The molecular formula is C23H26N4O4S2. The first-order valence-electron chi connectivity index (χ1n) is 11.0. The summed E-state index contributed by atoms with van der Waals surface area (Å²) in [5.41, 5.74) is 0.618. The fraction of sp³-hybridized carbons (Fsp3) is 0.435. The van der Waals surface area contributed by atoms with E-state index in [1.54, 1.807) is 36.2 Å². The van der Waals surface area contributed by atoms with Crippen LogP contribution in [0.4, 0.5) is 5.82 Å². The molecule has 2 fully saturated rings. The lowest BCUT2D eigenvalue weighted by atomic mass is 9.96. The van der Waals surface area contributed by atoms with Gasteiger partial charge in [-0.1, -0.05) is 30.0 Å². The maximum Gasteiger partial charge on any atom is 0.309 e. The summed E-state index contributed by atoms with van der Waals surface area (Å²) in [5.74, 6) is -0.0253. The standard InChI is InChI=1S/C23H26N4O4S2/c1-4-31-22(30)15-8-11-25(12-9-15)19-16(20(28)26-10-6-5-7-18(26)24-19)13-17-21(29)27(14(2)3)23(32)33-17/h5-7,10,13-15H,4,8-9,11-12H2,1-3H3. The first-order chi connectivity index (χ1) is 15.8. The van der Waals surface area contributed by atoms with Crippen molar-refractivity contribution >= 4 is 57.7 Å². The van der Waals surface area contributed by atoms with E-state index in [9.17, 15) is 14.4 Å². The highest BCUT2D eigenvalue weighted by Crippen LogP contribution is 2.35. The van der Waals surface area contributed by atoms with Gasteiger partial charge in [0.15, 0.2) is 0 Å². The van der Waals surface area contributed by atoms with Crippen molar-refractivity contribution in [3.63, 3.8) is 0 Å². The monoisotopic (exact) mass is 486 g/mol. The Balaban J connectivity index is 1.74. The molecule has 0 N–H and O–H groups in total. The second-order valence-corrected chi connectivity index (χ2v) is 9.92. The summed E-state index contributed by atoms with van der Waals surface area (Å²) in [6, 6.07) is 5.30. The van der Waals surface area contributed by atoms with E-state index in [1.807, 2.05) is 24.8 Å². The van der Waals surface area contributed by atoms with E-state index < -0.39 is 0 Å². The predicted molar refractivity (Wildman–Crippen MR) is 133 cm³/mol. The van der Waals surface area contributed by atoms with Gasteiger partial charge >= 0.3 is 5.97 Å². The number of amides is 1. The van der Waals surface area contributed by atoms with Gasteiger partial charge in [0.05, 0.1) is 23.0 Å². The lowest BCUT2D eigenvalue weighted by Gasteiger charge is -2.32. The molecule has 0 radical (unpaired) electrons. The van der Waals surface area contributed by atoms with Crippen LogP contribution in [0.2, 0.25) is 0 Å². The molecule has 0 aliphatic carbocycles. The number of rotatable bonds is 5. The third-order valence-corrected chi connectivity index (χ3v) is 7.11. The van der Waals surface area contributed by atoms with E-state index in [0.29, 0.717) is 58.8 Å². The van der Waals surface area contributed by atoms with Crippen molar-refractivity contribution in [3.8, 4) is 0 Å². The van der Waals surface area contributed by atoms with Gasteiger partial charge in [0.1, 0.15) is 15.8 Å². The van der Waals surface area contributed by atoms with Gasteiger partial charge in [-0.2, -0.15) is 0 Å². The summed E-state index contributed by atoms with van der Waals surface area (Å²) in [5, 5.41) is 0. The molecule has 2 aliphatic heterocycles. The number of carbonyl (C=O) groups is 2. The minimum Gasteiger partial charge on any atom is -0.466 e. The van der Waals surface area contributed by atoms with Crippen LogP contribution < -0.4 is 10.5 Å². The molecule has 0 spiro atoms. The number of anilines is 1. The van der Waals surface area contributed by atoms with Crippen LogP contribution in [0.5, 0.6) is 0 Å². The van der Waals surface area contributed by atoms with Gasteiger partial charge in [-0.3, -0.25) is 23.7 Å². The highest BCUT2D eigenvalue weighted by atomic mass is 32.2. The van der Waals surface area contributed by atoms with Crippen LogP contribution in [0, 0.1) is 5.92 Å². The summed E-state index contributed by atoms with van der Waals surface area (Å²) in [6.45, 7) is 7.09. The Labute approximate surface area is 201 Å². The Hall–Kier alpha value is -2.72. The smallest absolute Gasteiger partial charge is 0.309 e. The van der Waals surface area contributed by atoms with E-state index in [0.717, 1.165) is 0 Å². The molecule has 2 aromatic rings. The van der Waals surface area contributed by atoms with Crippen molar-refractivity contribution in [2.75, 3.05) is 24.6 Å². The Morgan fingerprint density at radius 3 is 2.67 bits per heavy atom. The Kier molecular flexibility index (Phi) is 6.85. The summed E-state index contributed by atoms with van der Waals surface area (Å²) in [6.07, 6.45) is 4.51. The zero-order valence-corrected chi connectivity index (χ0v) is 20.4. The molecule has 174 valence electrons. The maximum atomic E-state index is 13.5. The van der Waals surface area contributed by atoms with Crippen LogP contribution in [-0.2, 0) is 14.3 Å². The number of ether oxygens (including phenoxy) is 1. The van der Waals surface area contributed by atoms with E-state index in [-0.39, 0.29) is 29.4 Å². The van der Waals surface area contributed by atoms with Gasteiger partial charge in [0, 0.05) is 25.3 Å². The molecular weight excluding hydrogens is 460 g/mol. The number of esters is 1. The van der Waals surface area contributed by atoms with Crippen molar-refractivity contribution < 1.29 is 14.3 Å². The molecule has 0 bridgehead atoms. The number of nitrogens with zero attached hydrogens (tertiary/aromatic N) is 4. The molecule has 0 unspecified atom stereocenters. The highest BCUT2D eigenvalue weighted by molar-refractivity contribution is 8.26. The number of hydrogen-bond donors (Lipinski definition) is 0. The minimum absolute atomic E-state index is 0.0689. The van der Waals surface area contributed by atoms with Crippen molar-refractivity contribution in [1.29, 1.82) is 0 Å². The molecule has 10 heteroatoms. The van der Waals surface area contributed by atoms with Crippen LogP contribution in [0.3, 0.4) is 0 Å². The molecule has 2 saturated heterocycles. The van der Waals surface area contributed by atoms with Crippen LogP contribution >= 0.6 is 24.0 Å². The van der Waals surface area contributed by atoms with E-state index in [2.05, 4.69) is 0 Å². The molecule has 1 amide bonds. The number of aromatic nitrogens is 2. The number of thioether (sulfide) groups is 1. The van der Waals surface area contributed by atoms with E-state index in [4.69, 9.17) is 21.9 Å². The van der Waals surface area contributed by atoms with Gasteiger partial charge in [0.2, 0.25) is 0 Å². The number of fused-ring (bicyclic) bond motifs is 1. The lowest BCUT2D eigenvalue weighted by molar-refractivity contribution is -0.148. The fourth-order valence-electron chi connectivity index (χ4n) is 4.10. The summed E-state index contributed by atoms with van der Waals surface area (Å²) in [4.78, 5) is 47.3. The number of pyridine rings is 1. The number of carbonyl (C=O) groups excluding carboxylic acids is 2. The zero-order chi connectivity index (χ0) is 23.7. The highest BCUT2D eigenvalue weighted by Gasteiger charge is 2.35. The molecule has 2 aliphatic rings. The third kappa shape index (κ3) is 4.54. The van der Waals surface area contributed by atoms with Crippen LogP contribution in [0.15, 0.2) is 34.1 Å². The van der Waals surface area contributed by atoms with Gasteiger partial charge in [-0.05, 0) is 51.8 Å². The van der Waals surface area contributed by atoms with Gasteiger partial charge in [-0.15, -0.1) is 0 Å². The number of thiocarbonyl (C=S) groups is 1. The van der Waals surface area contributed by atoms with Crippen molar-refractivity contribution in [3.05, 3.63) is 45.2 Å². The van der Waals surface area contributed by atoms with E-state index >= 15 is 0 Å². The van der Waals surface area contributed by atoms with Crippen molar-refractivity contribution in [1.82, 2.24) is 14.3 Å². The first kappa shape index (κ1) is 23.4. The average molecular weight is 487 g/mol. The SMILES string of the molecule is CCOC(=O)C1CCN(c2nc3ccccn3c(=O)c2C=C2SC(=S)N(C(C)C)C2=O)CC1. The molecule has 8 nitrogen and oxygen atoms in total. The van der Waals surface area contributed by atoms with Gasteiger partial charge < -0.3 is 9.64 Å². The van der Waals surface area contributed by atoms with Crippen LogP contribution in [-0.4, -0.2) is 56.2 Å². The van der Waals surface area contributed by atoms with Gasteiger partial charge in [-0.25, -0.2) is 4.98 Å². The normalized spacial score (nSPS) is 18.7. The average Bonchev–Trinajstić information content (AvgIpc) is 3.08. The molecule has 0 atom stereocenters. The quantitative estimate of drug-likeness (QED) is 0.362. The second kappa shape index (κ2) is 9.64. The second-order valence-electron chi connectivity index (χ2n) is 8.24. The molecule has 2 aromatic heterocycles. The minimum atomic E-state index is -0.252. The topological polar surface area (TPSA) is 84.2 Å². The number of piperidine rings is 1. The number of hydrogen-bond acceptors (Lipinski definition) is 8. The van der Waals surface area contributed by atoms with Crippen LogP contribution in [0.1, 0.15) is 39.2 Å². The predicted octanol–water partition coefficient (Wildman–Crippen LogP) is 3.08. The van der Waals surface area contributed by atoms with Crippen molar-refractivity contribution in [2.45, 2.75) is 39.7 Å². The van der Waals surface area contributed by atoms with Gasteiger partial charge in [0.25, 0.3) is 11.5 Å². The molecule has 33 heavy (non-hydrogen) atoms. The summed E-state index contributed by atoms with van der Waals surface area (Å²) >= 11 is 6.59. The molecule has 0 saturated carbocycles. The summed E-state index contributed by atoms with van der Waals surface area (Å²) < 4.78 is 7.12. The Morgan fingerprint density at radius 1 is 1.30 bits per heavy atom. The molecule has 4 heterocycles. The lowest BCUT2D eigenvalue weighted by Crippen LogP contribution is -2.39. The third-order valence-electron chi connectivity index (χ3n) is 5.78. The van der Waals surface area contributed by atoms with Crippen LogP contribution in [0.25, 0.3) is 11.7 Å². The molecule has 0 aromatic carbocycles. The Morgan fingerprint density at radius 2 is 2.03 bits per heavy atom. The van der Waals surface area contributed by atoms with Crippen molar-refractivity contribution in [2.24, 2.45) is 5.92 Å². The fourth-order valence-corrected chi connectivity index (χ4v) is 5.61. The Bertz CT molecular complexity index is 1200. The van der Waals surface area contributed by atoms with E-state index in [1.165, 1.54) is 16.2 Å². The molecule has 4 rings (SSSR count). The largest absolute Gasteiger partial charge is 0.466 e. The summed E-state index contributed by atoms with van der Waals surface area (Å²) in [7, 11) is 0. The first-order valence-corrected chi connectivity index (χ1v) is 12.2. The maximum absolute atomic E-state index is 13.5.